The number of epoxide rings is 1. The lowest BCUT2D eigenvalue weighted by Gasteiger charge is -2.20. The summed E-state index contributed by atoms with van der Waals surface area (Å²) in [5, 5.41) is 12.2. The summed E-state index contributed by atoms with van der Waals surface area (Å²) in [6.07, 6.45) is 9.41. The number of halogens is 3. The lowest BCUT2D eigenvalue weighted by molar-refractivity contribution is -0.139. The van der Waals surface area contributed by atoms with Gasteiger partial charge in [-0.15, -0.1) is 0 Å². The van der Waals surface area contributed by atoms with Crippen molar-refractivity contribution in [1.82, 2.24) is 4.57 Å². The van der Waals surface area contributed by atoms with Crippen LogP contribution in [0.2, 0.25) is 0 Å². The Labute approximate surface area is 233 Å². The van der Waals surface area contributed by atoms with E-state index >= 15 is 0 Å². The zero-order valence-corrected chi connectivity index (χ0v) is 23.1. The van der Waals surface area contributed by atoms with Crippen LogP contribution in [-0.4, -0.2) is 21.9 Å². The highest BCUT2D eigenvalue weighted by molar-refractivity contribution is 5.75. The van der Waals surface area contributed by atoms with Crippen LogP contribution in [0.1, 0.15) is 87.0 Å². The molecule has 0 radical (unpaired) electrons. The van der Waals surface area contributed by atoms with Crippen LogP contribution in [0.15, 0.2) is 66.3 Å². The first kappa shape index (κ1) is 28.3. The van der Waals surface area contributed by atoms with Crippen LogP contribution >= 0.6 is 0 Å². The van der Waals surface area contributed by atoms with E-state index in [4.69, 9.17) is 4.74 Å². The molecule has 1 saturated carbocycles. The summed E-state index contributed by atoms with van der Waals surface area (Å²) in [6, 6.07) is 8.26. The zero-order valence-electron chi connectivity index (χ0n) is 23.1. The minimum Gasteiger partial charge on any atom is -0.481 e. The maximum atomic E-state index is 13.8. The zero-order chi connectivity index (χ0) is 28.6. The number of rotatable bonds is 11. The van der Waals surface area contributed by atoms with E-state index in [9.17, 15) is 23.1 Å². The van der Waals surface area contributed by atoms with Crippen LogP contribution in [-0.2, 0) is 22.1 Å². The summed E-state index contributed by atoms with van der Waals surface area (Å²) in [4.78, 5) is 11.3. The average Bonchev–Trinajstić information content (AvgIpc) is 3.82. The fraction of sp³-hybridized carbons (Fsp3) is 0.469. The summed E-state index contributed by atoms with van der Waals surface area (Å²) in [5.41, 5.74) is 3.34. The molecule has 5 nitrogen and oxygen atoms in total. The van der Waals surface area contributed by atoms with Gasteiger partial charge in [-0.1, -0.05) is 55.9 Å². The summed E-state index contributed by atoms with van der Waals surface area (Å²) in [5.74, 6) is -1.30. The number of aryl methyl sites for hydroxylation is 1. The van der Waals surface area contributed by atoms with Crippen molar-refractivity contribution < 1.29 is 27.8 Å². The van der Waals surface area contributed by atoms with Crippen LogP contribution in [0.3, 0.4) is 0 Å². The Balaban J connectivity index is 1.30. The fourth-order valence-electron chi connectivity index (χ4n) is 5.79. The Morgan fingerprint density at radius 3 is 2.67 bits per heavy atom. The van der Waals surface area contributed by atoms with Crippen LogP contribution in [0.25, 0.3) is 0 Å². The molecule has 0 bridgehead atoms. The quantitative estimate of drug-likeness (QED) is 0.275. The molecule has 1 saturated heterocycles. The third kappa shape index (κ3) is 6.07. The van der Waals surface area contributed by atoms with Gasteiger partial charge in [0.25, 0.3) is 0 Å². The molecule has 1 aliphatic heterocycles. The van der Waals surface area contributed by atoms with Gasteiger partial charge in [0.2, 0.25) is 0 Å². The highest BCUT2D eigenvalue weighted by Gasteiger charge is 2.47. The first-order valence-electron chi connectivity index (χ1n) is 14.2. The van der Waals surface area contributed by atoms with Gasteiger partial charge in [-0.2, -0.15) is 13.2 Å². The van der Waals surface area contributed by atoms with Crippen molar-refractivity contribution in [2.75, 3.05) is 5.32 Å². The third-order valence-corrected chi connectivity index (χ3v) is 8.45. The lowest BCUT2D eigenvalue weighted by atomic mass is 9.95. The second kappa shape index (κ2) is 11.3. The van der Waals surface area contributed by atoms with Crippen molar-refractivity contribution >= 4 is 11.7 Å². The number of nitrogens with zero attached hydrogens (tertiary/aromatic N) is 1. The number of ether oxygens (including phenoxy) is 1. The predicted octanol–water partition coefficient (Wildman–Crippen LogP) is 8.19. The van der Waals surface area contributed by atoms with Gasteiger partial charge in [-0.05, 0) is 80.7 Å². The largest absolute Gasteiger partial charge is 0.481 e. The average molecular weight is 555 g/mol. The molecule has 2 fully saturated rings. The van der Waals surface area contributed by atoms with Gasteiger partial charge in [0.05, 0.1) is 17.2 Å². The van der Waals surface area contributed by atoms with Gasteiger partial charge < -0.3 is 19.7 Å². The van der Waals surface area contributed by atoms with Crippen LogP contribution in [0.5, 0.6) is 0 Å². The number of nitrogens with one attached hydrogen (secondary N) is 1. The van der Waals surface area contributed by atoms with Crippen molar-refractivity contribution in [3.8, 4) is 0 Å². The molecule has 2 aliphatic carbocycles. The monoisotopic (exact) mass is 554 g/mol. The molecule has 8 heteroatoms. The third-order valence-electron chi connectivity index (χ3n) is 8.45. The number of allylic oxidation sites excluding steroid dienone is 6. The standard InChI is InChI=1S/C32H37F3N2O3/c1-4-20(3)37-23(12-8-11-21-10-7-5-6-9-19(21)2)14-16-28(37)29-30(40-29)36-27-17-22(24-18-25(24)31(38)39)13-15-26(27)32(33,34)35/h5-7,9-10,13-17,19-20,24-25,29-30,36H,4,8,11-12,18H2,1-3H3,(H,38,39)/t19-,20+,24-,25?,29?,30?/m1/s1. The Hall–Kier alpha value is -3.26. The van der Waals surface area contributed by atoms with Gasteiger partial charge in [0.1, 0.15) is 6.10 Å². The second-order valence-corrected chi connectivity index (χ2v) is 11.2. The van der Waals surface area contributed by atoms with Gasteiger partial charge in [-0.25, -0.2) is 0 Å². The molecule has 6 atom stereocenters. The van der Waals surface area contributed by atoms with Crippen molar-refractivity contribution in [2.24, 2.45) is 11.8 Å². The Bertz CT molecular complexity index is 1340. The Morgan fingerprint density at radius 2 is 1.98 bits per heavy atom. The van der Waals surface area contributed by atoms with Gasteiger partial charge >= 0.3 is 12.1 Å². The molecule has 1 aromatic heterocycles. The van der Waals surface area contributed by atoms with Crippen molar-refractivity contribution in [1.29, 1.82) is 0 Å². The Kier molecular flexibility index (Phi) is 8.00. The first-order valence-corrected chi connectivity index (χ1v) is 14.2. The normalized spacial score (nSPS) is 26.2. The van der Waals surface area contributed by atoms with E-state index in [1.807, 2.05) is 6.07 Å². The minimum atomic E-state index is -4.54. The van der Waals surface area contributed by atoms with Crippen molar-refractivity contribution in [3.63, 3.8) is 0 Å². The summed E-state index contributed by atoms with van der Waals surface area (Å²) in [7, 11) is 0. The van der Waals surface area contributed by atoms with E-state index in [-0.39, 0.29) is 23.8 Å². The van der Waals surface area contributed by atoms with Gasteiger partial charge in [0.15, 0.2) is 6.23 Å². The maximum absolute atomic E-state index is 13.8. The molecule has 0 spiro atoms. The highest BCUT2D eigenvalue weighted by Crippen LogP contribution is 2.50. The van der Waals surface area contributed by atoms with E-state index in [0.29, 0.717) is 17.9 Å². The molecule has 2 N–H and O–H groups in total. The van der Waals surface area contributed by atoms with Crippen molar-refractivity contribution in [3.05, 3.63) is 88.8 Å². The second-order valence-electron chi connectivity index (χ2n) is 11.2. The summed E-state index contributed by atoms with van der Waals surface area (Å²) >= 11 is 0. The molecule has 40 heavy (non-hydrogen) atoms. The number of aromatic nitrogens is 1. The molecule has 0 amide bonds. The number of benzene rings is 1. The first-order chi connectivity index (χ1) is 19.1. The van der Waals surface area contributed by atoms with Crippen LogP contribution in [0, 0.1) is 11.8 Å². The molecule has 214 valence electrons. The smallest absolute Gasteiger partial charge is 0.418 e. The van der Waals surface area contributed by atoms with E-state index in [0.717, 1.165) is 37.4 Å². The number of anilines is 1. The molecule has 1 aromatic carbocycles. The van der Waals surface area contributed by atoms with E-state index < -0.39 is 29.9 Å². The number of alkyl halides is 3. The van der Waals surface area contributed by atoms with E-state index in [1.54, 1.807) is 0 Å². The SMILES string of the molecule is CC[C@H](C)n1c(CCCC2=CC=CC=C[C@H]2C)ccc1C1OC1Nc1cc([C@H]2CC2C(=O)O)ccc1C(F)(F)F. The molecular weight excluding hydrogens is 517 g/mol. The topological polar surface area (TPSA) is 66.8 Å². The number of carboxylic acids is 1. The van der Waals surface area contributed by atoms with Gasteiger partial charge in [-0.3, -0.25) is 4.79 Å². The minimum absolute atomic E-state index is 0.0655. The summed E-state index contributed by atoms with van der Waals surface area (Å²) < 4.78 is 49.7. The lowest BCUT2D eigenvalue weighted by Crippen LogP contribution is -2.15. The fourth-order valence-corrected chi connectivity index (χ4v) is 5.79. The molecular formula is C32H37F3N2O3. The number of carboxylic acid groups (broad SMARTS) is 1. The molecule has 3 aliphatic rings. The van der Waals surface area contributed by atoms with E-state index in [2.05, 4.69) is 67.1 Å². The number of hydrogen-bond donors (Lipinski definition) is 2. The number of aliphatic carboxylic acids is 1. The van der Waals surface area contributed by atoms with Crippen LogP contribution < -0.4 is 5.32 Å². The molecule has 3 unspecified atom stereocenters. The van der Waals surface area contributed by atoms with Gasteiger partial charge in [0, 0.05) is 17.4 Å². The highest BCUT2D eigenvalue weighted by atomic mass is 19.4. The Morgan fingerprint density at radius 1 is 1.18 bits per heavy atom. The molecule has 5 rings (SSSR count). The maximum Gasteiger partial charge on any atom is 0.418 e. The molecule has 2 heterocycles. The number of hydrogen-bond acceptors (Lipinski definition) is 3. The van der Waals surface area contributed by atoms with E-state index in [1.165, 1.54) is 23.4 Å². The summed E-state index contributed by atoms with van der Waals surface area (Å²) in [6.45, 7) is 6.49. The molecule has 2 aromatic rings. The van der Waals surface area contributed by atoms with Crippen LogP contribution in [0.4, 0.5) is 18.9 Å². The number of carbonyl (C=O) groups is 1. The predicted molar refractivity (Wildman–Crippen MR) is 149 cm³/mol. The van der Waals surface area contributed by atoms with Crippen molar-refractivity contribution in [2.45, 2.75) is 83.3 Å².